The molecule has 0 saturated carbocycles. The molecular weight excluding hydrogens is 248 g/mol. The van der Waals surface area contributed by atoms with Crippen LogP contribution >= 0.6 is 0 Å². The second-order valence-electron chi connectivity index (χ2n) is 4.20. The summed E-state index contributed by atoms with van der Waals surface area (Å²) < 4.78 is 5.05. The summed E-state index contributed by atoms with van der Waals surface area (Å²) in [4.78, 5) is 12.9. The van der Waals surface area contributed by atoms with Crippen molar-refractivity contribution in [3.05, 3.63) is 23.2 Å². The Bertz CT molecular complexity index is 554. The molecule has 2 rings (SSSR count). The highest BCUT2D eigenvalue weighted by Gasteiger charge is 2.09. The average Bonchev–Trinajstić information content (AvgIpc) is 2.89. The van der Waals surface area contributed by atoms with Crippen molar-refractivity contribution in [2.45, 2.75) is 26.8 Å². The molecule has 102 valence electrons. The monoisotopic (exact) mass is 264 g/mol. The molecular formula is C11H16N6O2. The molecule has 2 heterocycles. The van der Waals surface area contributed by atoms with Crippen molar-refractivity contribution in [1.82, 2.24) is 25.5 Å². The van der Waals surface area contributed by atoms with E-state index in [1.54, 1.807) is 0 Å². The molecule has 0 fully saturated rings. The Hall–Kier alpha value is -2.38. The van der Waals surface area contributed by atoms with Gasteiger partial charge in [0, 0.05) is 12.1 Å². The molecule has 0 aromatic carbocycles. The molecule has 3 N–H and O–H groups in total. The van der Waals surface area contributed by atoms with E-state index in [9.17, 15) is 4.79 Å². The van der Waals surface area contributed by atoms with Gasteiger partial charge in [-0.25, -0.2) is 0 Å². The molecule has 0 atom stereocenters. The third-order valence-electron chi connectivity index (χ3n) is 2.72. The summed E-state index contributed by atoms with van der Waals surface area (Å²) >= 11 is 0. The van der Waals surface area contributed by atoms with E-state index >= 15 is 0 Å². The maximum atomic E-state index is 11.6. The van der Waals surface area contributed by atoms with Crippen molar-refractivity contribution < 1.29 is 9.32 Å². The molecule has 2 aromatic heterocycles. The van der Waals surface area contributed by atoms with Gasteiger partial charge < -0.3 is 15.6 Å². The standard InChI is InChI=1S/C11H16N6O2/c1-7-9(8(2)19-16-7)3-4-13-11(18)6-17-14-5-10(12)15-17/h5H,3-4,6H2,1-2H3,(H2,12,15)(H,13,18). The summed E-state index contributed by atoms with van der Waals surface area (Å²) in [6.45, 7) is 4.30. The molecule has 0 bridgehead atoms. The Labute approximate surface area is 109 Å². The maximum absolute atomic E-state index is 11.6. The van der Waals surface area contributed by atoms with E-state index in [1.807, 2.05) is 13.8 Å². The molecule has 0 saturated heterocycles. The number of carbonyl (C=O) groups is 1. The lowest BCUT2D eigenvalue weighted by atomic mass is 10.1. The van der Waals surface area contributed by atoms with Gasteiger partial charge in [-0.15, -0.1) is 5.10 Å². The van der Waals surface area contributed by atoms with Gasteiger partial charge in [0.05, 0.1) is 11.9 Å². The van der Waals surface area contributed by atoms with Crippen LogP contribution in [0.2, 0.25) is 0 Å². The lowest BCUT2D eigenvalue weighted by Gasteiger charge is -2.04. The number of nitrogens with zero attached hydrogens (tertiary/aromatic N) is 4. The number of rotatable bonds is 5. The predicted molar refractivity (Wildman–Crippen MR) is 67.1 cm³/mol. The maximum Gasteiger partial charge on any atom is 0.243 e. The first kappa shape index (κ1) is 13.1. The minimum atomic E-state index is -0.164. The Kier molecular flexibility index (Phi) is 3.79. The third kappa shape index (κ3) is 3.30. The molecule has 0 aliphatic rings. The molecule has 0 radical (unpaired) electrons. The van der Waals surface area contributed by atoms with Crippen LogP contribution in [0.4, 0.5) is 5.82 Å². The molecule has 0 aliphatic carbocycles. The van der Waals surface area contributed by atoms with Crippen molar-refractivity contribution in [2.24, 2.45) is 0 Å². The Morgan fingerprint density at radius 2 is 2.32 bits per heavy atom. The topological polar surface area (TPSA) is 112 Å². The molecule has 0 unspecified atom stereocenters. The number of anilines is 1. The van der Waals surface area contributed by atoms with E-state index in [4.69, 9.17) is 10.3 Å². The number of hydrogen-bond acceptors (Lipinski definition) is 6. The molecule has 8 nitrogen and oxygen atoms in total. The van der Waals surface area contributed by atoms with E-state index in [1.165, 1.54) is 11.0 Å². The van der Waals surface area contributed by atoms with Crippen LogP contribution < -0.4 is 11.1 Å². The summed E-state index contributed by atoms with van der Waals surface area (Å²) in [5, 5.41) is 14.3. The molecule has 19 heavy (non-hydrogen) atoms. The normalized spacial score (nSPS) is 10.6. The fourth-order valence-electron chi connectivity index (χ4n) is 1.76. The summed E-state index contributed by atoms with van der Waals surface area (Å²) in [6.07, 6.45) is 2.08. The van der Waals surface area contributed by atoms with E-state index in [0.29, 0.717) is 18.8 Å². The van der Waals surface area contributed by atoms with Crippen LogP contribution in [0.1, 0.15) is 17.0 Å². The first-order valence-corrected chi connectivity index (χ1v) is 5.90. The first-order chi connectivity index (χ1) is 9.06. The number of nitrogens with one attached hydrogen (secondary N) is 1. The summed E-state index contributed by atoms with van der Waals surface area (Å²) in [5.74, 6) is 0.916. The number of nitrogen functional groups attached to an aromatic ring is 1. The molecule has 8 heteroatoms. The molecule has 0 spiro atoms. The zero-order valence-electron chi connectivity index (χ0n) is 10.9. The Morgan fingerprint density at radius 3 is 2.89 bits per heavy atom. The Morgan fingerprint density at radius 1 is 1.53 bits per heavy atom. The minimum Gasteiger partial charge on any atom is -0.381 e. The van der Waals surface area contributed by atoms with Crippen LogP contribution in [0, 0.1) is 13.8 Å². The number of amides is 1. The first-order valence-electron chi connectivity index (χ1n) is 5.90. The van der Waals surface area contributed by atoms with Crippen LogP contribution in [0.5, 0.6) is 0 Å². The summed E-state index contributed by atoms with van der Waals surface area (Å²) in [7, 11) is 0. The van der Waals surface area contributed by atoms with Crippen LogP contribution in [-0.4, -0.2) is 32.6 Å². The number of carbonyl (C=O) groups excluding carboxylic acids is 1. The number of aryl methyl sites for hydroxylation is 2. The summed E-state index contributed by atoms with van der Waals surface area (Å²) in [6, 6.07) is 0. The van der Waals surface area contributed by atoms with Crippen LogP contribution in [0.25, 0.3) is 0 Å². The van der Waals surface area contributed by atoms with E-state index in [-0.39, 0.29) is 12.5 Å². The smallest absolute Gasteiger partial charge is 0.243 e. The van der Waals surface area contributed by atoms with Crippen molar-refractivity contribution in [1.29, 1.82) is 0 Å². The SMILES string of the molecule is Cc1noc(C)c1CCNC(=O)Cn1ncc(N)n1. The lowest BCUT2D eigenvalue weighted by Crippen LogP contribution is -2.30. The second kappa shape index (κ2) is 5.51. The van der Waals surface area contributed by atoms with Gasteiger partial charge in [0.1, 0.15) is 12.3 Å². The highest BCUT2D eigenvalue weighted by atomic mass is 16.5. The average molecular weight is 264 g/mol. The van der Waals surface area contributed by atoms with Crippen molar-refractivity contribution in [3.8, 4) is 0 Å². The lowest BCUT2D eigenvalue weighted by molar-refractivity contribution is -0.122. The van der Waals surface area contributed by atoms with Gasteiger partial charge in [-0.3, -0.25) is 4.79 Å². The van der Waals surface area contributed by atoms with Gasteiger partial charge in [0.25, 0.3) is 0 Å². The molecule has 0 aliphatic heterocycles. The number of aromatic nitrogens is 4. The van der Waals surface area contributed by atoms with E-state index in [0.717, 1.165) is 17.0 Å². The molecule has 1 amide bonds. The highest BCUT2D eigenvalue weighted by molar-refractivity contribution is 5.75. The van der Waals surface area contributed by atoms with Crippen molar-refractivity contribution in [2.75, 3.05) is 12.3 Å². The molecule has 2 aromatic rings. The van der Waals surface area contributed by atoms with Gasteiger partial charge in [0.2, 0.25) is 5.91 Å². The van der Waals surface area contributed by atoms with E-state index in [2.05, 4.69) is 20.7 Å². The minimum absolute atomic E-state index is 0.0544. The largest absolute Gasteiger partial charge is 0.381 e. The fraction of sp³-hybridized carbons (Fsp3) is 0.455. The van der Waals surface area contributed by atoms with Crippen LogP contribution in [-0.2, 0) is 17.8 Å². The quantitative estimate of drug-likeness (QED) is 0.775. The fourth-order valence-corrected chi connectivity index (χ4v) is 1.76. The van der Waals surface area contributed by atoms with Crippen LogP contribution in [0.15, 0.2) is 10.7 Å². The number of hydrogen-bond donors (Lipinski definition) is 2. The number of nitrogens with two attached hydrogens (primary N) is 1. The zero-order valence-corrected chi connectivity index (χ0v) is 10.9. The third-order valence-corrected chi connectivity index (χ3v) is 2.72. The summed E-state index contributed by atoms with van der Waals surface area (Å²) in [5.41, 5.74) is 7.29. The van der Waals surface area contributed by atoms with Crippen molar-refractivity contribution in [3.63, 3.8) is 0 Å². The zero-order chi connectivity index (χ0) is 13.8. The van der Waals surface area contributed by atoms with Gasteiger partial charge in [-0.2, -0.15) is 9.90 Å². The van der Waals surface area contributed by atoms with Gasteiger partial charge in [-0.05, 0) is 20.3 Å². The van der Waals surface area contributed by atoms with Gasteiger partial charge in [0.15, 0.2) is 5.82 Å². The van der Waals surface area contributed by atoms with Crippen LogP contribution in [0.3, 0.4) is 0 Å². The highest BCUT2D eigenvalue weighted by Crippen LogP contribution is 2.11. The van der Waals surface area contributed by atoms with Gasteiger partial charge >= 0.3 is 0 Å². The Balaban J connectivity index is 1.78. The van der Waals surface area contributed by atoms with E-state index < -0.39 is 0 Å². The van der Waals surface area contributed by atoms with Crippen molar-refractivity contribution >= 4 is 11.7 Å². The van der Waals surface area contributed by atoms with Gasteiger partial charge in [-0.1, -0.05) is 5.16 Å². The predicted octanol–water partition coefficient (Wildman–Crippen LogP) is -0.176. The second-order valence-corrected chi connectivity index (χ2v) is 4.20.